The van der Waals surface area contributed by atoms with Gasteiger partial charge in [-0.15, -0.1) is 0 Å². The predicted molar refractivity (Wildman–Crippen MR) is 71.6 cm³/mol. The minimum Gasteiger partial charge on any atom is -0.328 e. The standard InChI is InChI=1S/C14H30N2/c1-4-6-12(3)16(11-5-2)14-9-7-13(15)8-10-14/h12-14H,4-11,15H2,1-3H3. The molecule has 0 aromatic heterocycles. The fourth-order valence-electron chi connectivity index (χ4n) is 3.04. The van der Waals surface area contributed by atoms with Gasteiger partial charge < -0.3 is 5.73 Å². The highest BCUT2D eigenvalue weighted by atomic mass is 15.2. The molecule has 1 fully saturated rings. The van der Waals surface area contributed by atoms with Crippen molar-refractivity contribution in [3.8, 4) is 0 Å². The summed E-state index contributed by atoms with van der Waals surface area (Å²) in [5.41, 5.74) is 5.99. The maximum Gasteiger partial charge on any atom is 0.00992 e. The normalized spacial score (nSPS) is 28.3. The van der Waals surface area contributed by atoms with E-state index in [2.05, 4.69) is 25.7 Å². The summed E-state index contributed by atoms with van der Waals surface area (Å²) in [5, 5.41) is 0. The van der Waals surface area contributed by atoms with Crippen LogP contribution in [0.2, 0.25) is 0 Å². The van der Waals surface area contributed by atoms with Gasteiger partial charge in [0.15, 0.2) is 0 Å². The first kappa shape index (κ1) is 14.0. The molecule has 0 spiro atoms. The molecule has 2 N–H and O–H groups in total. The van der Waals surface area contributed by atoms with Crippen LogP contribution in [0.4, 0.5) is 0 Å². The SMILES string of the molecule is CCCC(C)N(CCC)C1CCC(N)CC1. The second-order valence-corrected chi connectivity index (χ2v) is 5.44. The lowest BCUT2D eigenvalue weighted by atomic mass is 9.89. The van der Waals surface area contributed by atoms with Crippen molar-refractivity contribution in [2.45, 2.75) is 83.8 Å². The van der Waals surface area contributed by atoms with Gasteiger partial charge in [0.25, 0.3) is 0 Å². The number of hydrogen-bond acceptors (Lipinski definition) is 2. The maximum absolute atomic E-state index is 5.99. The van der Waals surface area contributed by atoms with E-state index in [9.17, 15) is 0 Å². The molecule has 0 heterocycles. The third-order valence-corrected chi connectivity index (χ3v) is 3.96. The first-order valence-electron chi connectivity index (χ1n) is 7.20. The predicted octanol–water partition coefficient (Wildman–Crippen LogP) is 3.16. The molecule has 0 aromatic rings. The van der Waals surface area contributed by atoms with Crippen LogP contribution in [0.1, 0.15) is 65.7 Å². The van der Waals surface area contributed by atoms with E-state index in [-0.39, 0.29) is 0 Å². The van der Waals surface area contributed by atoms with Crippen LogP contribution < -0.4 is 5.73 Å². The minimum absolute atomic E-state index is 0.473. The molecular formula is C14H30N2. The van der Waals surface area contributed by atoms with Gasteiger partial charge in [0.1, 0.15) is 0 Å². The molecule has 0 bridgehead atoms. The van der Waals surface area contributed by atoms with E-state index in [1.165, 1.54) is 51.5 Å². The Labute approximate surface area is 102 Å². The highest BCUT2D eigenvalue weighted by Gasteiger charge is 2.26. The fourth-order valence-corrected chi connectivity index (χ4v) is 3.04. The highest BCUT2D eigenvalue weighted by Crippen LogP contribution is 2.25. The van der Waals surface area contributed by atoms with E-state index >= 15 is 0 Å². The molecule has 2 nitrogen and oxygen atoms in total. The second-order valence-electron chi connectivity index (χ2n) is 5.44. The maximum atomic E-state index is 5.99. The van der Waals surface area contributed by atoms with Crippen LogP contribution in [0.15, 0.2) is 0 Å². The Morgan fingerprint density at radius 3 is 2.25 bits per heavy atom. The van der Waals surface area contributed by atoms with Gasteiger partial charge in [-0.1, -0.05) is 20.3 Å². The van der Waals surface area contributed by atoms with Crippen molar-refractivity contribution in [1.82, 2.24) is 4.90 Å². The molecule has 2 heteroatoms. The van der Waals surface area contributed by atoms with E-state index in [1.54, 1.807) is 0 Å². The summed E-state index contributed by atoms with van der Waals surface area (Å²) in [6, 6.07) is 2.03. The van der Waals surface area contributed by atoms with E-state index < -0.39 is 0 Å². The van der Waals surface area contributed by atoms with Gasteiger partial charge in [-0.3, -0.25) is 4.90 Å². The van der Waals surface area contributed by atoms with Gasteiger partial charge in [-0.2, -0.15) is 0 Å². The summed E-state index contributed by atoms with van der Waals surface area (Å²) in [6.07, 6.45) is 8.99. The van der Waals surface area contributed by atoms with Crippen molar-refractivity contribution in [2.75, 3.05) is 6.54 Å². The topological polar surface area (TPSA) is 29.3 Å². The third kappa shape index (κ3) is 4.06. The number of rotatable bonds is 6. The van der Waals surface area contributed by atoms with Crippen molar-refractivity contribution in [3.05, 3.63) is 0 Å². The Bertz CT molecular complexity index is 174. The molecule has 1 aliphatic rings. The Balaban J connectivity index is 2.48. The van der Waals surface area contributed by atoms with Gasteiger partial charge in [0.2, 0.25) is 0 Å². The molecule has 0 amide bonds. The molecule has 0 aromatic carbocycles. The van der Waals surface area contributed by atoms with Crippen LogP contribution in [-0.4, -0.2) is 29.6 Å². The lowest BCUT2D eigenvalue weighted by molar-refractivity contribution is 0.102. The molecule has 1 saturated carbocycles. The van der Waals surface area contributed by atoms with E-state index in [4.69, 9.17) is 5.73 Å². The first-order chi connectivity index (χ1) is 7.69. The van der Waals surface area contributed by atoms with Crippen molar-refractivity contribution in [2.24, 2.45) is 5.73 Å². The zero-order valence-corrected chi connectivity index (χ0v) is 11.4. The lowest BCUT2D eigenvalue weighted by Crippen LogP contribution is -2.45. The van der Waals surface area contributed by atoms with Gasteiger partial charge in [-0.25, -0.2) is 0 Å². The summed E-state index contributed by atoms with van der Waals surface area (Å²) in [6.45, 7) is 8.24. The van der Waals surface area contributed by atoms with Crippen LogP contribution in [0, 0.1) is 0 Å². The zero-order chi connectivity index (χ0) is 12.0. The van der Waals surface area contributed by atoms with Crippen LogP contribution >= 0.6 is 0 Å². The van der Waals surface area contributed by atoms with Gasteiger partial charge in [0, 0.05) is 18.1 Å². The van der Waals surface area contributed by atoms with Crippen LogP contribution in [-0.2, 0) is 0 Å². The van der Waals surface area contributed by atoms with Crippen LogP contribution in [0.5, 0.6) is 0 Å². The average Bonchev–Trinajstić information content (AvgIpc) is 2.28. The number of nitrogens with two attached hydrogens (primary N) is 1. The summed E-state index contributed by atoms with van der Waals surface area (Å²) >= 11 is 0. The van der Waals surface area contributed by atoms with E-state index in [1.807, 2.05) is 0 Å². The Hall–Kier alpha value is -0.0800. The molecule has 0 aliphatic heterocycles. The highest BCUT2D eigenvalue weighted by molar-refractivity contribution is 4.83. The largest absolute Gasteiger partial charge is 0.328 e. The smallest absolute Gasteiger partial charge is 0.00992 e. The summed E-state index contributed by atoms with van der Waals surface area (Å²) < 4.78 is 0. The minimum atomic E-state index is 0.473. The molecule has 1 unspecified atom stereocenters. The molecular weight excluding hydrogens is 196 g/mol. The zero-order valence-electron chi connectivity index (χ0n) is 11.4. The fraction of sp³-hybridized carbons (Fsp3) is 1.00. The molecule has 0 saturated heterocycles. The molecule has 0 radical (unpaired) electrons. The van der Waals surface area contributed by atoms with Gasteiger partial charge in [-0.05, 0) is 52.0 Å². The Morgan fingerprint density at radius 2 is 1.75 bits per heavy atom. The summed E-state index contributed by atoms with van der Waals surface area (Å²) in [5.74, 6) is 0. The average molecular weight is 226 g/mol. The Kier molecular flexibility index (Phi) is 6.37. The van der Waals surface area contributed by atoms with E-state index in [0.717, 1.165) is 12.1 Å². The van der Waals surface area contributed by atoms with Crippen molar-refractivity contribution >= 4 is 0 Å². The summed E-state index contributed by atoms with van der Waals surface area (Å²) in [4.78, 5) is 2.75. The van der Waals surface area contributed by atoms with Crippen molar-refractivity contribution < 1.29 is 0 Å². The third-order valence-electron chi connectivity index (χ3n) is 3.96. The van der Waals surface area contributed by atoms with Gasteiger partial charge in [0.05, 0.1) is 0 Å². The Morgan fingerprint density at radius 1 is 1.12 bits per heavy atom. The van der Waals surface area contributed by atoms with Crippen LogP contribution in [0.3, 0.4) is 0 Å². The number of hydrogen-bond donors (Lipinski definition) is 1. The molecule has 1 aliphatic carbocycles. The molecule has 1 rings (SSSR count). The van der Waals surface area contributed by atoms with E-state index in [0.29, 0.717) is 6.04 Å². The lowest BCUT2D eigenvalue weighted by Gasteiger charge is -2.39. The van der Waals surface area contributed by atoms with Crippen molar-refractivity contribution in [1.29, 1.82) is 0 Å². The monoisotopic (exact) mass is 226 g/mol. The molecule has 96 valence electrons. The molecule has 1 atom stereocenters. The number of nitrogens with zero attached hydrogens (tertiary/aromatic N) is 1. The second kappa shape index (κ2) is 7.29. The van der Waals surface area contributed by atoms with Crippen LogP contribution in [0.25, 0.3) is 0 Å². The van der Waals surface area contributed by atoms with Crippen molar-refractivity contribution in [3.63, 3.8) is 0 Å². The quantitative estimate of drug-likeness (QED) is 0.754. The molecule has 16 heavy (non-hydrogen) atoms. The summed E-state index contributed by atoms with van der Waals surface area (Å²) in [7, 11) is 0. The first-order valence-corrected chi connectivity index (χ1v) is 7.20. The van der Waals surface area contributed by atoms with Gasteiger partial charge >= 0.3 is 0 Å².